The number of nitrogens with zero attached hydrogens (tertiary/aromatic N) is 1. The average Bonchev–Trinajstić information content (AvgIpc) is 3.06. The number of cyclic esters (lactones) is 1. The van der Waals surface area contributed by atoms with E-state index < -0.39 is 72.7 Å². The smallest absolute Gasteiger partial charge is 0.308 e. The zero-order valence-corrected chi connectivity index (χ0v) is 30.0. The maximum absolute atomic E-state index is 13.4. The number of likely N-dealkylation sites (N-methyl/N-ethyl adjacent to an activating group) is 1. The van der Waals surface area contributed by atoms with Gasteiger partial charge in [-0.2, -0.15) is 0 Å². The van der Waals surface area contributed by atoms with Crippen LogP contribution in [0.3, 0.4) is 0 Å². The van der Waals surface area contributed by atoms with Gasteiger partial charge in [0.15, 0.2) is 12.1 Å². The van der Waals surface area contributed by atoms with Crippen LogP contribution in [0.4, 0.5) is 0 Å². The topological polar surface area (TPSA) is 152 Å². The van der Waals surface area contributed by atoms with Crippen molar-refractivity contribution in [1.82, 2.24) is 4.90 Å². The van der Waals surface area contributed by atoms with Crippen LogP contribution >= 0.6 is 0 Å². The molecule has 49 heavy (non-hydrogen) atoms. The standard InChI is InChI=1S/C38H57NO10/c1-8-32-29(22-46-21-27-12-10-9-11-13-27)18-23(2)14-15-30(41)24(3)19-28(16-17-40)37(25(4)31(42)20-33(43)48-32)49-38-36(45)34(39(6)7)35(44)26(5)47-38/h9-15,17-18,24-26,28-29,31-32,34-38,42,44-45H,8,16,19-22H2,1-7H3/b15-14+,23-18+/t24-,25+,26-,28+,29-,31+,32-,34+,35-,36-,37-,38+/m1/s1. The van der Waals surface area contributed by atoms with Crippen LogP contribution in [-0.2, 0) is 39.9 Å². The molecule has 2 aliphatic rings. The van der Waals surface area contributed by atoms with Gasteiger partial charge in [-0.1, -0.05) is 68.8 Å². The number of benzene rings is 1. The molecule has 3 N–H and O–H groups in total. The van der Waals surface area contributed by atoms with Crippen LogP contribution in [0.2, 0.25) is 0 Å². The lowest BCUT2D eigenvalue weighted by Gasteiger charge is -2.46. The second-order valence-corrected chi connectivity index (χ2v) is 13.9. The molecule has 1 aromatic carbocycles. The van der Waals surface area contributed by atoms with Gasteiger partial charge in [0.25, 0.3) is 0 Å². The van der Waals surface area contributed by atoms with Crippen molar-refractivity contribution in [2.75, 3.05) is 20.7 Å². The number of carbonyl (C=O) groups is 3. The highest BCUT2D eigenvalue weighted by molar-refractivity contribution is 5.91. The van der Waals surface area contributed by atoms with Gasteiger partial charge in [0.2, 0.25) is 0 Å². The number of aliphatic hydroxyl groups is 3. The van der Waals surface area contributed by atoms with Crippen LogP contribution in [0.1, 0.15) is 65.9 Å². The number of ether oxygens (including phenoxy) is 4. The first kappa shape index (κ1) is 40.7. The lowest BCUT2D eigenvalue weighted by atomic mass is 9.79. The molecule has 3 rings (SSSR count). The van der Waals surface area contributed by atoms with Crippen LogP contribution in [-0.4, -0.2) is 108 Å². The minimum absolute atomic E-state index is 0.00705. The Kier molecular flexibility index (Phi) is 16.2. The molecule has 0 radical (unpaired) electrons. The van der Waals surface area contributed by atoms with Gasteiger partial charge in [-0.25, -0.2) is 0 Å². The van der Waals surface area contributed by atoms with Crippen LogP contribution in [0.15, 0.2) is 54.1 Å². The van der Waals surface area contributed by atoms with Crippen molar-refractivity contribution < 1.29 is 48.7 Å². The minimum Gasteiger partial charge on any atom is -0.462 e. The molecule has 2 aliphatic heterocycles. The highest BCUT2D eigenvalue weighted by Crippen LogP contribution is 2.34. The van der Waals surface area contributed by atoms with E-state index >= 15 is 0 Å². The van der Waals surface area contributed by atoms with E-state index in [2.05, 4.69) is 0 Å². The van der Waals surface area contributed by atoms with Gasteiger partial charge in [0.1, 0.15) is 18.5 Å². The van der Waals surface area contributed by atoms with E-state index in [0.29, 0.717) is 13.0 Å². The number of hydrogen-bond donors (Lipinski definition) is 3. The van der Waals surface area contributed by atoms with Gasteiger partial charge in [0.05, 0.1) is 50.1 Å². The zero-order chi connectivity index (χ0) is 36.2. The molecule has 0 bridgehead atoms. The van der Waals surface area contributed by atoms with Crippen LogP contribution in [0.25, 0.3) is 0 Å². The molecule has 12 atom stereocenters. The third-order valence-electron chi connectivity index (χ3n) is 9.77. The van der Waals surface area contributed by atoms with Gasteiger partial charge in [-0.05, 0) is 58.3 Å². The summed E-state index contributed by atoms with van der Waals surface area (Å²) in [6, 6.07) is 9.04. The predicted molar refractivity (Wildman–Crippen MR) is 184 cm³/mol. The number of ketones is 1. The molecule has 0 amide bonds. The molecular formula is C38H57NO10. The molecule has 1 aromatic rings. The fraction of sp³-hybridized carbons (Fsp3) is 0.658. The fourth-order valence-corrected chi connectivity index (χ4v) is 6.80. The number of allylic oxidation sites excluding steroid dienone is 3. The Morgan fingerprint density at radius 3 is 2.35 bits per heavy atom. The second kappa shape index (κ2) is 19.6. The fourth-order valence-electron chi connectivity index (χ4n) is 6.80. The molecular weight excluding hydrogens is 630 g/mol. The van der Waals surface area contributed by atoms with Crippen molar-refractivity contribution >= 4 is 18.0 Å². The number of carbonyl (C=O) groups excluding carboxylic acids is 3. The van der Waals surface area contributed by atoms with Gasteiger partial charge in [0, 0.05) is 24.2 Å². The predicted octanol–water partition coefficient (Wildman–Crippen LogP) is 3.63. The van der Waals surface area contributed by atoms with E-state index in [0.717, 1.165) is 17.4 Å². The van der Waals surface area contributed by atoms with E-state index in [1.54, 1.807) is 45.8 Å². The van der Waals surface area contributed by atoms with E-state index in [1.807, 2.05) is 50.3 Å². The summed E-state index contributed by atoms with van der Waals surface area (Å²) in [7, 11) is 3.46. The zero-order valence-electron chi connectivity index (χ0n) is 30.0. The van der Waals surface area contributed by atoms with Crippen molar-refractivity contribution in [3.63, 3.8) is 0 Å². The molecule has 11 nitrogen and oxygen atoms in total. The first-order valence-corrected chi connectivity index (χ1v) is 17.4. The molecule has 11 heteroatoms. The van der Waals surface area contributed by atoms with Crippen molar-refractivity contribution in [1.29, 1.82) is 0 Å². The lowest BCUT2D eigenvalue weighted by molar-refractivity contribution is -0.304. The molecule has 0 aromatic heterocycles. The number of hydrogen-bond acceptors (Lipinski definition) is 11. The van der Waals surface area contributed by atoms with Gasteiger partial charge in [-0.15, -0.1) is 0 Å². The molecule has 274 valence electrons. The van der Waals surface area contributed by atoms with Crippen molar-refractivity contribution in [3.8, 4) is 0 Å². The number of rotatable bonds is 10. The summed E-state index contributed by atoms with van der Waals surface area (Å²) in [4.78, 5) is 40.4. The Morgan fingerprint density at radius 1 is 1.02 bits per heavy atom. The van der Waals surface area contributed by atoms with E-state index in [1.165, 1.54) is 6.08 Å². The summed E-state index contributed by atoms with van der Waals surface area (Å²) in [5, 5.41) is 33.4. The highest BCUT2D eigenvalue weighted by atomic mass is 16.7. The van der Waals surface area contributed by atoms with E-state index in [9.17, 15) is 29.7 Å². The molecule has 0 aliphatic carbocycles. The molecule has 1 saturated heterocycles. The largest absolute Gasteiger partial charge is 0.462 e. The monoisotopic (exact) mass is 687 g/mol. The summed E-state index contributed by atoms with van der Waals surface area (Å²) >= 11 is 0. The first-order valence-electron chi connectivity index (χ1n) is 17.4. The highest BCUT2D eigenvalue weighted by Gasteiger charge is 2.47. The molecule has 0 spiro atoms. The van der Waals surface area contributed by atoms with Crippen molar-refractivity contribution in [3.05, 3.63) is 59.7 Å². The molecule has 2 heterocycles. The maximum Gasteiger partial charge on any atom is 0.308 e. The summed E-state index contributed by atoms with van der Waals surface area (Å²) in [5.74, 6) is -2.89. The van der Waals surface area contributed by atoms with Gasteiger partial charge < -0.3 is 44.0 Å². The number of aliphatic hydroxyl groups excluding tert-OH is 3. The quantitative estimate of drug-likeness (QED) is 0.244. The Bertz CT molecular complexity index is 1250. The lowest BCUT2D eigenvalue weighted by Crippen LogP contribution is -2.63. The van der Waals surface area contributed by atoms with Crippen LogP contribution in [0, 0.1) is 23.7 Å². The second-order valence-electron chi connectivity index (χ2n) is 13.9. The first-order chi connectivity index (χ1) is 23.3. The van der Waals surface area contributed by atoms with Crippen LogP contribution in [0.5, 0.6) is 0 Å². The van der Waals surface area contributed by atoms with Crippen LogP contribution < -0.4 is 0 Å². The SMILES string of the molecule is CC[C@H]1OC(=O)C[C@H](O)[C@H](C)[C@@H](O[C@@H]2O[C@H](C)[C@@H](O)[C@H](N(C)C)[C@H]2O)[C@@H](CC=O)C[C@@H](C)C(=O)/C=C/C(C)=C/[C@@H]1COCc1ccccc1. The van der Waals surface area contributed by atoms with Crippen molar-refractivity contribution in [2.24, 2.45) is 23.7 Å². The van der Waals surface area contributed by atoms with Gasteiger partial charge in [-0.3, -0.25) is 9.59 Å². The third kappa shape index (κ3) is 11.6. The maximum atomic E-state index is 13.4. The summed E-state index contributed by atoms with van der Waals surface area (Å²) in [6.45, 7) is 9.59. The minimum atomic E-state index is -1.27. The summed E-state index contributed by atoms with van der Waals surface area (Å²) < 4.78 is 24.4. The van der Waals surface area contributed by atoms with E-state index in [4.69, 9.17) is 18.9 Å². The third-order valence-corrected chi connectivity index (χ3v) is 9.77. The molecule has 0 unspecified atom stereocenters. The van der Waals surface area contributed by atoms with E-state index in [-0.39, 0.29) is 37.6 Å². The average molecular weight is 688 g/mol. The molecule has 0 saturated carbocycles. The normalized spacial score (nSPS) is 37.2. The summed E-state index contributed by atoms with van der Waals surface area (Å²) in [5.41, 5.74) is 1.81. The molecule has 1 fully saturated rings. The number of esters is 1. The number of aldehydes is 1. The Morgan fingerprint density at radius 2 is 1.71 bits per heavy atom. The summed E-state index contributed by atoms with van der Waals surface area (Å²) in [6.07, 6.45) is -0.557. The van der Waals surface area contributed by atoms with Gasteiger partial charge >= 0.3 is 5.97 Å². The Balaban J connectivity index is 1.94. The Hall–Kier alpha value is -2.77. The van der Waals surface area contributed by atoms with Crippen molar-refractivity contribution in [2.45, 2.75) is 116 Å². The Labute approximate surface area is 291 Å².